The Hall–Kier alpha value is -1.08. The summed E-state index contributed by atoms with van der Waals surface area (Å²) in [6.45, 7) is 1.53. The largest absolute Gasteiger partial charge is 0.266 e. The number of pyridine rings is 1. The molecule has 0 saturated heterocycles. The van der Waals surface area contributed by atoms with Crippen LogP contribution in [0.4, 0.5) is 8.78 Å². The van der Waals surface area contributed by atoms with Crippen LogP contribution in [0.2, 0.25) is 0 Å². The maximum Gasteiger partial charge on any atom is 0.266 e. The van der Waals surface area contributed by atoms with Crippen molar-refractivity contribution in [3.8, 4) is 0 Å². The number of hydrogen-bond donors (Lipinski definition) is 1. The summed E-state index contributed by atoms with van der Waals surface area (Å²) >= 11 is 0. The van der Waals surface area contributed by atoms with Crippen LogP contribution in [0.5, 0.6) is 0 Å². The van der Waals surface area contributed by atoms with Gasteiger partial charge in [0.25, 0.3) is 16.4 Å². The molecular formula is C7H8F2N2O2S. The molecule has 0 aliphatic carbocycles. The predicted molar refractivity (Wildman–Crippen MR) is 45.3 cm³/mol. The van der Waals surface area contributed by atoms with Crippen molar-refractivity contribution in [1.82, 2.24) is 4.98 Å². The molecule has 14 heavy (non-hydrogen) atoms. The molecule has 0 aromatic carbocycles. The topological polar surface area (TPSA) is 73.0 Å². The van der Waals surface area contributed by atoms with E-state index in [1.807, 2.05) is 0 Å². The first-order valence-corrected chi connectivity index (χ1v) is 5.14. The highest BCUT2D eigenvalue weighted by Crippen LogP contribution is 2.24. The molecule has 4 nitrogen and oxygen atoms in total. The minimum absolute atomic E-state index is 0.452. The van der Waals surface area contributed by atoms with Crippen LogP contribution in [0.25, 0.3) is 0 Å². The SMILES string of the molecule is Cc1cnc(S(N)(=O)=O)c(C(F)F)c1. The van der Waals surface area contributed by atoms with Crippen LogP contribution in [0.15, 0.2) is 17.3 Å². The van der Waals surface area contributed by atoms with Gasteiger partial charge in [-0.25, -0.2) is 27.3 Å². The summed E-state index contributed by atoms with van der Waals surface area (Å²) < 4.78 is 46.5. The second-order valence-corrected chi connectivity index (χ2v) is 4.23. The van der Waals surface area contributed by atoms with Gasteiger partial charge in [-0.3, -0.25) is 0 Å². The summed E-state index contributed by atoms with van der Waals surface area (Å²) in [5, 5.41) is 3.96. The van der Waals surface area contributed by atoms with E-state index in [1.54, 1.807) is 0 Å². The second kappa shape index (κ2) is 3.58. The maximum atomic E-state index is 12.4. The molecule has 1 heterocycles. The van der Waals surface area contributed by atoms with Gasteiger partial charge in [-0.05, 0) is 18.6 Å². The molecule has 0 fully saturated rings. The Balaban J connectivity index is 3.45. The Morgan fingerprint density at radius 1 is 1.50 bits per heavy atom. The van der Waals surface area contributed by atoms with Crippen molar-refractivity contribution in [2.24, 2.45) is 5.14 Å². The van der Waals surface area contributed by atoms with E-state index in [4.69, 9.17) is 5.14 Å². The molecule has 0 unspecified atom stereocenters. The molecule has 7 heteroatoms. The Bertz CT molecular complexity index is 445. The lowest BCUT2D eigenvalue weighted by Gasteiger charge is -2.06. The van der Waals surface area contributed by atoms with Gasteiger partial charge in [0.05, 0.1) is 5.56 Å². The van der Waals surface area contributed by atoms with Gasteiger partial charge in [-0.2, -0.15) is 0 Å². The number of nitrogens with zero attached hydrogens (tertiary/aromatic N) is 1. The maximum absolute atomic E-state index is 12.4. The van der Waals surface area contributed by atoms with E-state index in [0.717, 1.165) is 6.07 Å². The molecule has 1 aromatic rings. The van der Waals surface area contributed by atoms with Crippen molar-refractivity contribution in [2.75, 3.05) is 0 Å². The number of sulfonamides is 1. The Morgan fingerprint density at radius 2 is 2.07 bits per heavy atom. The molecule has 0 saturated carbocycles. The van der Waals surface area contributed by atoms with Crippen LogP contribution in [-0.4, -0.2) is 13.4 Å². The van der Waals surface area contributed by atoms with Crippen molar-refractivity contribution in [3.63, 3.8) is 0 Å². The second-order valence-electron chi connectivity index (χ2n) is 2.75. The summed E-state index contributed by atoms with van der Waals surface area (Å²) in [4.78, 5) is 3.38. The highest BCUT2D eigenvalue weighted by atomic mass is 32.2. The number of primary sulfonamides is 1. The lowest BCUT2D eigenvalue weighted by Crippen LogP contribution is -2.16. The average molecular weight is 222 g/mol. The number of aromatic nitrogens is 1. The van der Waals surface area contributed by atoms with Crippen LogP contribution in [0, 0.1) is 6.92 Å². The highest BCUT2D eigenvalue weighted by molar-refractivity contribution is 7.89. The van der Waals surface area contributed by atoms with Crippen LogP contribution < -0.4 is 5.14 Å². The van der Waals surface area contributed by atoms with Gasteiger partial charge in [-0.1, -0.05) is 0 Å². The first-order chi connectivity index (χ1) is 6.32. The van der Waals surface area contributed by atoms with Gasteiger partial charge in [0.1, 0.15) is 0 Å². The number of nitrogens with two attached hydrogens (primary N) is 1. The monoisotopic (exact) mass is 222 g/mol. The Kier molecular flexibility index (Phi) is 2.81. The smallest absolute Gasteiger partial charge is 0.243 e. The zero-order chi connectivity index (χ0) is 10.9. The molecule has 0 aliphatic rings. The van der Waals surface area contributed by atoms with Crippen LogP contribution in [0.3, 0.4) is 0 Å². The molecule has 0 radical (unpaired) electrons. The quantitative estimate of drug-likeness (QED) is 0.810. The van der Waals surface area contributed by atoms with Crippen molar-refractivity contribution in [1.29, 1.82) is 0 Å². The van der Waals surface area contributed by atoms with Crippen molar-refractivity contribution in [3.05, 3.63) is 23.4 Å². The fourth-order valence-electron chi connectivity index (χ4n) is 0.973. The lowest BCUT2D eigenvalue weighted by molar-refractivity contribution is 0.147. The van der Waals surface area contributed by atoms with Crippen molar-refractivity contribution >= 4 is 10.0 Å². The third kappa shape index (κ3) is 2.24. The summed E-state index contributed by atoms with van der Waals surface area (Å²) in [6.07, 6.45) is -1.73. The van der Waals surface area contributed by atoms with Gasteiger partial charge in [0.2, 0.25) is 0 Å². The fourth-order valence-corrected chi connectivity index (χ4v) is 1.65. The minimum Gasteiger partial charge on any atom is -0.243 e. The van der Waals surface area contributed by atoms with Crippen LogP contribution in [-0.2, 0) is 10.0 Å². The van der Waals surface area contributed by atoms with E-state index in [2.05, 4.69) is 4.98 Å². The summed E-state index contributed by atoms with van der Waals surface area (Å²) in [5.74, 6) is 0. The summed E-state index contributed by atoms with van der Waals surface area (Å²) in [7, 11) is -4.19. The number of hydrogen-bond acceptors (Lipinski definition) is 3. The molecule has 0 aliphatic heterocycles. The van der Waals surface area contributed by atoms with Gasteiger partial charge in [0, 0.05) is 6.20 Å². The van der Waals surface area contributed by atoms with Gasteiger partial charge in [0.15, 0.2) is 5.03 Å². The van der Waals surface area contributed by atoms with Gasteiger partial charge in [-0.15, -0.1) is 0 Å². The zero-order valence-electron chi connectivity index (χ0n) is 7.24. The molecule has 1 rings (SSSR count). The van der Waals surface area contributed by atoms with Crippen molar-refractivity contribution in [2.45, 2.75) is 18.4 Å². The predicted octanol–water partition coefficient (Wildman–Crippen LogP) is 0.975. The molecule has 2 N–H and O–H groups in total. The van der Waals surface area contributed by atoms with Gasteiger partial charge < -0.3 is 0 Å². The van der Waals surface area contributed by atoms with E-state index in [1.165, 1.54) is 13.1 Å². The van der Waals surface area contributed by atoms with E-state index >= 15 is 0 Å². The molecule has 0 atom stereocenters. The summed E-state index contributed by atoms with van der Waals surface area (Å²) in [5.41, 5.74) is -0.208. The average Bonchev–Trinajstić information content (AvgIpc) is 2.01. The lowest BCUT2D eigenvalue weighted by atomic mass is 10.2. The number of alkyl halides is 2. The molecule has 0 amide bonds. The van der Waals surface area contributed by atoms with E-state index < -0.39 is 27.0 Å². The number of aryl methyl sites for hydroxylation is 1. The highest BCUT2D eigenvalue weighted by Gasteiger charge is 2.21. The van der Waals surface area contributed by atoms with Crippen molar-refractivity contribution < 1.29 is 17.2 Å². The van der Waals surface area contributed by atoms with E-state index in [-0.39, 0.29) is 0 Å². The molecule has 0 spiro atoms. The van der Waals surface area contributed by atoms with Crippen LogP contribution in [0.1, 0.15) is 17.6 Å². The third-order valence-corrected chi connectivity index (χ3v) is 2.40. The third-order valence-electron chi connectivity index (χ3n) is 1.52. The number of halogens is 2. The fraction of sp³-hybridized carbons (Fsp3) is 0.286. The van der Waals surface area contributed by atoms with Gasteiger partial charge >= 0.3 is 0 Å². The Morgan fingerprint density at radius 3 is 2.50 bits per heavy atom. The Labute approximate surface area is 79.8 Å². The molecular weight excluding hydrogens is 214 g/mol. The zero-order valence-corrected chi connectivity index (χ0v) is 8.05. The van der Waals surface area contributed by atoms with Crippen LogP contribution >= 0.6 is 0 Å². The first kappa shape index (κ1) is 11.0. The summed E-state index contributed by atoms with van der Waals surface area (Å²) in [6, 6.07) is 1.05. The molecule has 1 aromatic heterocycles. The minimum atomic E-state index is -4.19. The first-order valence-electron chi connectivity index (χ1n) is 3.60. The molecule has 78 valence electrons. The normalized spacial score (nSPS) is 12.1. The number of rotatable bonds is 2. The standard InChI is InChI=1S/C7H8F2N2O2S/c1-4-2-5(6(8)9)7(11-3-4)14(10,12)13/h2-3,6H,1H3,(H2,10,12,13). The van der Waals surface area contributed by atoms with E-state index in [0.29, 0.717) is 5.56 Å². The van der Waals surface area contributed by atoms with E-state index in [9.17, 15) is 17.2 Å². The molecule has 0 bridgehead atoms.